The molecule has 2 aromatic carbocycles. The largest absolute Gasteiger partial charge is 0.493 e. The van der Waals surface area contributed by atoms with E-state index in [-0.39, 0.29) is 11.1 Å². The molecular formula is C16H16F3O6PS. The highest BCUT2D eigenvalue weighted by molar-refractivity contribution is 7.85. The van der Waals surface area contributed by atoms with Gasteiger partial charge in [-0.3, -0.25) is 13.6 Å². The lowest BCUT2D eigenvalue weighted by molar-refractivity contribution is -0.0773. The van der Waals surface area contributed by atoms with Gasteiger partial charge < -0.3 is 0 Å². The zero-order chi connectivity index (χ0) is 20.1. The molecule has 0 aliphatic carbocycles. The van der Waals surface area contributed by atoms with Crippen molar-refractivity contribution in [3.05, 3.63) is 71.3 Å². The van der Waals surface area contributed by atoms with Gasteiger partial charge in [-0.15, -0.1) is 0 Å². The summed E-state index contributed by atoms with van der Waals surface area (Å²) >= 11 is 0. The lowest BCUT2D eigenvalue weighted by Crippen LogP contribution is -2.15. The van der Waals surface area contributed by atoms with Gasteiger partial charge in [0.25, 0.3) is 10.1 Å². The molecule has 0 aromatic heterocycles. The summed E-state index contributed by atoms with van der Waals surface area (Å²) in [5, 5.41) is 0. The molecule has 0 saturated heterocycles. The Morgan fingerprint density at radius 2 is 1.41 bits per heavy atom. The van der Waals surface area contributed by atoms with E-state index < -0.39 is 42.6 Å². The van der Waals surface area contributed by atoms with Crippen LogP contribution >= 0.6 is 7.60 Å². The Morgan fingerprint density at radius 1 is 0.889 bits per heavy atom. The number of hydrogen-bond donors (Lipinski definition) is 1. The molecule has 27 heavy (non-hydrogen) atoms. The van der Waals surface area contributed by atoms with Crippen molar-refractivity contribution >= 4 is 17.7 Å². The molecule has 0 radical (unpaired) electrons. The van der Waals surface area contributed by atoms with E-state index in [4.69, 9.17) is 4.55 Å². The van der Waals surface area contributed by atoms with E-state index in [0.717, 1.165) is 0 Å². The molecule has 0 aliphatic rings. The molecule has 2 aromatic rings. The summed E-state index contributed by atoms with van der Waals surface area (Å²) < 4.78 is 92.1. The van der Waals surface area contributed by atoms with Gasteiger partial charge in [-0.2, -0.15) is 21.6 Å². The molecule has 2 rings (SSSR count). The number of alkyl halides is 3. The molecule has 0 heterocycles. The van der Waals surface area contributed by atoms with Crippen LogP contribution in [0, 0.1) is 0 Å². The minimum absolute atomic E-state index is 0.0248. The third-order valence-electron chi connectivity index (χ3n) is 3.40. The van der Waals surface area contributed by atoms with Gasteiger partial charge in [0.05, 0.1) is 13.2 Å². The van der Waals surface area contributed by atoms with Crippen LogP contribution in [0.15, 0.2) is 54.6 Å². The van der Waals surface area contributed by atoms with E-state index >= 15 is 0 Å². The van der Waals surface area contributed by atoms with Crippen molar-refractivity contribution in [1.82, 2.24) is 0 Å². The molecule has 11 heteroatoms. The predicted molar refractivity (Wildman–Crippen MR) is 91.4 cm³/mol. The Bertz CT molecular complexity index is 915. The molecule has 0 saturated carbocycles. The highest BCUT2D eigenvalue weighted by Crippen LogP contribution is 2.63. The van der Waals surface area contributed by atoms with Crippen LogP contribution in [0.2, 0.25) is 0 Å². The lowest BCUT2D eigenvalue weighted by atomic mass is 10.1. The Kier molecular flexibility index (Phi) is 6.82. The molecule has 6 nitrogen and oxygen atoms in total. The zero-order valence-corrected chi connectivity index (χ0v) is 15.5. The minimum atomic E-state index is -5.52. The summed E-state index contributed by atoms with van der Waals surface area (Å²) in [6.45, 7) is -1.39. The first-order valence-corrected chi connectivity index (χ1v) is 10.7. The fourth-order valence-corrected chi connectivity index (χ4v) is 3.78. The maximum absolute atomic E-state index is 13.2. The second kappa shape index (κ2) is 8.53. The quantitative estimate of drug-likeness (QED) is 0.495. The van der Waals surface area contributed by atoms with Crippen molar-refractivity contribution in [2.75, 3.05) is 0 Å². The summed E-state index contributed by atoms with van der Waals surface area (Å²) in [7, 11) is -9.92. The third kappa shape index (κ3) is 6.44. The average Bonchev–Trinajstić information content (AvgIpc) is 2.58. The Balaban J connectivity index is 2.17. The van der Waals surface area contributed by atoms with Gasteiger partial charge in [0.15, 0.2) is 0 Å². The Morgan fingerprint density at radius 3 is 1.96 bits per heavy atom. The predicted octanol–water partition coefficient (Wildman–Crippen LogP) is 4.52. The molecule has 0 bridgehead atoms. The molecular weight excluding hydrogens is 408 g/mol. The minimum Gasteiger partial charge on any atom is -0.297 e. The van der Waals surface area contributed by atoms with Crippen LogP contribution in [0.1, 0.15) is 16.7 Å². The maximum Gasteiger partial charge on any atom is 0.493 e. The second-order valence-electron chi connectivity index (χ2n) is 5.49. The van der Waals surface area contributed by atoms with Crippen molar-refractivity contribution in [1.29, 1.82) is 0 Å². The fourth-order valence-electron chi connectivity index (χ4n) is 2.11. The molecule has 0 amide bonds. The smallest absolute Gasteiger partial charge is 0.297 e. The van der Waals surface area contributed by atoms with Gasteiger partial charge in [-0.05, 0) is 16.7 Å². The average molecular weight is 424 g/mol. The highest BCUT2D eigenvalue weighted by atomic mass is 32.2. The molecule has 148 valence electrons. The third-order valence-corrected chi connectivity index (χ3v) is 5.64. The van der Waals surface area contributed by atoms with E-state index in [2.05, 4.69) is 9.05 Å². The number of rotatable bonds is 8. The molecule has 1 unspecified atom stereocenters. The van der Waals surface area contributed by atoms with E-state index in [9.17, 15) is 26.2 Å². The number of hydrogen-bond acceptors (Lipinski definition) is 5. The van der Waals surface area contributed by atoms with Crippen LogP contribution in [0.3, 0.4) is 0 Å². The first-order chi connectivity index (χ1) is 12.5. The van der Waals surface area contributed by atoms with Gasteiger partial charge in [-0.1, -0.05) is 54.6 Å². The Labute approximate surface area is 154 Å². The van der Waals surface area contributed by atoms with Crippen molar-refractivity contribution in [3.8, 4) is 0 Å². The van der Waals surface area contributed by atoms with Crippen LogP contribution < -0.4 is 0 Å². The van der Waals surface area contributed by atoms with Gasteiger partial charge in [0.2, 0.25) is 0 Å². The van der Waals surface area contributed by atoms with Gasteiger partial charge in [0.1, 0.15) is 5.75 Å². The highest BCUT2D eigenvalue weighted by Gasteiger charge is 2.55. The van der Waals surface area contributed by atoms with Gasteiger partial charge >= 0.3 is 13.5 Å². The number of benzene rings is 2. The maximum atomic E-state index is 13.2. The SMILES string of the molecule is O=P(OCc1ccccc1)(OCc1ccccc1CS(=O)(=O)O)C(F)(F)F. The normalized spacial score (nSPS) is 14.7. The lowest BCUT2D eigenvalue weighted by Gasteiger charge is -2.21. The van der Waals surface area contributed by atoms with Gasteiger partial charge in [-0.25, -0.2) is 4.57 Å². The molecule has 0 fully saturated rings. The van der Waals surface area contributed by atoms with E-state index in [1.165, 1.54) is 36.4 Å². The van der Waals surface area contributed by atoms with Crippen molar-refractivity contribution in [2.45, 2.75) is 24.9 Å². The van der Waals surface area contributed by atoms with Crippen LogP contribution in [0.25, 0.3) is 0 Å². The second-order valence-corrected chi connectivity index (χ2v) is 8.96. The summed E-state index contributed by atoms with van der Waals surface area (Å²) in [6, 6.07) is 13.3. The van der Waals surface area contributed by atoms with E-state index in [1.807, 2.05) is 0 Å². The molecule has 0 spiro atoms. The summed E-state index contributed by atoms with van der Waals surface area (Å²) in [4.78, 5) is 0. The van der Waals surface area contributed by atoms with E-state index in [0.29, 0.717) is 5.56 Å². The van der Waals surface area contributed by atoms with Crippen molar-refractivity contribution in [2.24, 2.45) is 0 Å². The summed E-state index contributed by atoms with van der Waals surface area (Å²) in [5.41, 5.74) is 0.428. The first-order valence-electron chi connectivity index (χ1n) is 7.52. The van der Waals surface area contributed by atoms with Crippen LogP contribution in [-0.2, 0) is 42.7 Å². The van der Waals surface area contributed by atoms with Crippen LogP contribution in [-0.4, -0.2) is 18.9 Å². The van der Waals surface area contributed by atoms with E-state index in [1.54, 1.807) is 18.2 Å². The van der Waals surface area contributed by atoms with Crippen molar-refractivity contribution in [3.63, 3.8) is 0 Å². The number of halogens is 3. The zero-order valence-electron chi connectivity index (χ0n) is 13.8. The monoisotopic (exact) mass is 424 g/mol. The first kappa shape index (κ1) is 21.6. The van der Waals surface area contributed by atoms with Crippen LogP contribution in [0.4, 0.5) is 13.2 Å². The summed E-state index contributed by atoms with van der Waals surface area (Å²) in [5.74, 6) is -6.08. The Hall–Kier alpha value is -1.71. The topological polar surface area (TPSA) is 89.9 Å². The van der Waals surface area contributed by atoms with Crippen molar-refractivity contribution < 1.29 is 39.8 Å². The molecule has 1 N–H and O–H groups in total. The molecule has 0 aliphatic heterocycles. The van der Waals surface area contributed by atoms with Gasteiger partial charge in [0, 0.05) is 0 Å². The standard InChI is InChI=1S/C16H16F3O6PS/c17-16(18,19)26(20,24-10-13-6-2-1-3-7-13)25-11-14-8-4-5-9-15(14)12-27(21,22)23/h1-9H,10-12H2,(H,21,22,23). The summed E-state index contributed by atoms with van der Waals surface area (Å²) in [6.07, 6.45) is 0. The fraction of sp³-hybridized carbons (Fsp3) is 0.250. The molecule has 1 atom stereocenters. The van der Waals surface area contributed by atoms with Crippen LogP contribution in [0.5, 0.6) is 0 Å².